The molecule has 2 fully saturated rings. The number of anilines is 1. The first-order valence-corrected chi connectivity index (χ1v) is 11.6. The van der Waals surface area contributed by atoms with Crippen molar-refractivity contribution in [1.82, 2.24) is 0 Å². The van der Waals surface area contributed by atoms with Gasteiger partial charge >= 0.3 is 6.09 Å². The molecule has 33 heavy (non-hydrogen) atoms. The van der Waals surface area contributed by atoms with Gasteiger partial charge in [-0.1, -0.05) is 54.6 Å². The van der Waals surface area contributed by atoms with E-state index in [0.29, 0.717) is 19.4 Å². The monoisotopic (exact) mass is 449 g/mol. The van der Waals surface area contributed by atoms with E-state index in [2.05, 4.69) is 24.8 Å². The van der Waals surface area contributed by atoms with Gasteiger partial charge in [-0.05, 0) is 30.9 Å². The maximum absolute atomic E-state index is 13.3. The minimum atomic E-state index is -0.741. The maximum atomic E-state index is 13.3. The van der Waals surface area contributed by atoms with Crippen molar-refractivity contribution in [3.63, 3.8) is 0 Å². The number of carbonyl (C=O) groups is 1. The highest BCUT2D eigenvalue weighted by molar-refractivity contribution is 5.94. The van der Waals surface area contributed by atoms with E-state index in [0.717, 1.165) is 29.7 Å². The molecule has 5 atom stereocenters. The number of rotatable bonds is 6. The zero-order valence-electron chi connectivity index (χ0n) is 19.2. The SMILES string of the molecule is C=CC[C@]12O[C@@H](OC)[C@H]3C[C@@H](OCc4ccccc4)CC[C@@]31N(C(=O)OC)c1ccccc12. The molecule has 1 saturated heterocycles. The Morgan fingerprint density at radius 2 is 1.94 bits per heavy atom. The van der Waals surface area contributed by atoms with Crippen LogP contribution in [0.1, 0.15) is 36.8 Å². The third kappa shape index (κ3) is 3.15. The van der Waals surface area contributed by atoms with Crippen LogP contribution in [0.4, 0.5) is 10.5 Å². The molecule has 0 radical (unpaired) electrons. The molecule has 6 heteroatoms. The summed E-state index contributed by atoms with van der Waals surface area (Å²) in [6, 6.07) is 18.2. The number of methoxy groups -OCH3 is 2. The fourth-order valence-corrected chi connectivity index (χ4v) is 6.41. The average Bonchev–Trinajstić information content (AvgIpc) is 3.26. The van der Waals surface area contributed by atoms with Crippen molar-refractivity contribution in [2.75, 3.05) is 19.1 Å². The third-order valence-electron chi connectivity index (χ3n) is 7.65. The lowest BCUT2D eigenvalue weighted by Crippen LogP contribution is -2.63. The molecule has 0 N–H and O–H groups in total. The number of hydrogen-bond acceptors (Lipinski definition) is 5. The highest BCUT2D eigenvalue weighted by Gasteiger charge is 2.75. The van der Waals surface area contributed by atoms with Crippen molar-refractivity contribution < 1.29 is 23.7 Å². The van der Waals surface area contributed by atoms with Crippen molar-refractivity contribution in [1.29, 1.82) is 0 Å². The van der Waals surface area contributed by atoms with Crippen molar-refractivity contribution in [2.24, 2.45) is 5.92 Å². The van der Waals surface area contributed by atoms with Crippen LogP contribution in [0.15, 0.2) is 67.3 Å². The second-order valence-electron chi connectivity index (χ2n) is 9.09. The highest BCUT2D eigenvalue weighted by Crippen LogP contribution is 2.67. The lowest BCUT2D eigenvalue weighted by molar-refractivity contribution is -0.171. The van der Waals surface area contributed by atoms with Gasteiger partial charge in [0.05, 0.1) is 31.0 Å². The number of amides is 1. The molecule has 6 nitrogen and oxygen atoms in total. The summed E-state index contributed by atoms with van der Waals surface area (Å²) in [6.45, 7) is 4.58. The molecule has 1 aliphatic carbocycles. The number of nitrogens with zero attached hydrogens (tertiary/aromatic N) is 1. The Balaban J connectivity index is 1.54. The number of carbonyl (C=O) groups excluding carboxylic acids is 1. The van der Waals surface area contributed by atoms with E-state index in [-0.39, 0.29) is 18.1 Å². The fourth-order valence-electron chi connectivity index (χ4n) is 6.41. The topological polar surface area (TPSA) is 57.2 Å². The summed E-state index contributed by atoms with van der Waals surface area (Å²) in [5.41, 5.74) is 1.60. The molecule has 1 amide bonds. The minimum absolute atomic E-state index is 0.0461. The van der Waals surface area contributed by atoms with Crippen LogP contribution in [-0.4, -0.2) is 38.2 Å². The Kier molecular flexibility index (Phi) is 5.77. The molecule has 2 heterocycles. The highest BCUT2D eigenvalue weighted by atomic mass is 16.7. The van der Waals surface area contributed by atoms with Gasteiger partial charge in [0.25, 0.3) is 0 Å². The predicted octanol–water partition coefficient (Wildman–Crippen LogP) is 5.17. The molecule has 2 aromatic rings. The smallest absolute Gasteiger partial charge is 0.414 e. The van der Waals surface area contributed by atoms with Crippen LogP contribution in [0.3, 0.4) is 0 Å². The van der Waals surface area contributed by atoms with Gasteiger partial charge in [-0.25, -0.2) is 4.79 Å². The molecule has 1 saturated carbocycles. The normalized spacial score (nSPS) is 32.1. The van der Waals surface area contributed by atoms with Gasteiger partial charge in [-0.3, -0.25) is 4.90 Å². The molecule has 2 aromatic carbocycles. The van der Waals surface area contributed by atoms with Crippen LogP contribution in [0.25, 0.3) is 0 Å². The van der Waals surface area contributed by atoms with Gasteiger partial charge in [0, 0.05) is 25.0 Å². The molecule has 174 valence electrons. The third-order valence-corrected chi connectivity index (χ3v) is 7.65. The number of hydrogen-bond donors (Lipinski definition) is 0. The van der Waals surface area contributed by atoms with Gasteiger partial charge in [0.1, 0.15) is 5.60 Å². The van der Waals surface area contributed by atoms with Crippen LogP contribution >= 0.6 is 0 Å². The Morgan fingerprint density at radius 3 is 2.67 bits per heavy atom. The summed E-state index contributed by atoms with van der Waals surface area (Å²) >= 11 is 0. The molecule has 5 rings (SSSR count). The molecule has 1 spiro atoms. The van der Waals surface area contributed by atoms with Gasteiger partial charge in [-0.2, -0.15) is 0 Å². The number of benzene rings is 2. The van der Waals surface area contributed by atoms with Crippen molar-refractivity contribution in [3.05, 3.63) is 78.4 Å². The van der Waals surface area contributed by atoms with E-state index in [4.69, 9.17) is 18.9 Å². The van der Waals surface area contributed by atoms with Gasteiger partial charge in [0.15, 0.2) is 6.29 Å². The second kappa shape index (κ2) is 8.60. The van der Waals surface area contributed by atoms with Crippen LogP contribution in [0.5, 0.6) is 0 Å². The Bertz CT molecular complexity index is 1030. The van der Waals surface area contributed by atoms with E-state index in [1.54, 1.807) is 7.11 Å². The average molecular weight is 450 g/mol. The Hall–Kier alpha value is -2.67. The van der Waals surface area contributed by atoms with Crippen LogP contribution in [-0.2, 0) is 31.2 Å². The lowest BCUT2D eigenvalue weighted by atomic mass is 9.63. The van der Waals surface area contributed by atoms with Gasteiger partial charge in [-0.15, -0.1) is 6.58 Å². The molecule has 0 bridgehead atoms. The van der Waals surface area contributed by atoms with Gasteiger partial charge in [0.2, 0.25) is 0 Å². The molecule has 2 aliphatic heterocycles. The van der Waals surface area contributed by atoms with Crippen molar-refractivity contribution in [2.45, 2.75) is 55.8 Å². The molecule has 0 unspecified atom stereocenters. The molecule has 3 aliphatic rings. The largest absolute Gasteiger partial charge is 0.452 e. The maximum Gasteiger partial charge on any atom is 0.414 e. The van der Waals surface area contributed by atoms with E-state index in [1.807, 2.05) is 47.4 Å². The van der Waals surface area contributed by atoms with Crippen LogP contribution in [0.2, 0.25) is 0 Å². The van der Waals surface area contributed by atoms with Crippen LogP contribution < -0.4 is 4.90 Å². The summed E-state index contributed by atoms with van der Waals surface area (Å²) < 4.78 is 24.3. The first-order chi connectivity index (χ1) is 16.1. The van der Waals surface area contributed by atoms with E-state index >= 15 is 0 Å². The molecular weight excluding hydrogens is 418 g/mol. The quantitative estimate of drug-likeness (QED) is 0.570. The van der Waals surface area contributed by atoms with Crippen molar-refractivity contribution in [3.8, 4) is 0 Å². The second-order valence-corrected chi connectivity index (χ2v) is 9.09. The minimum Gasteiger partial charge on any atom is -0.452 e. The van der Waals surface area contributed by atoms with E-state index < -0.39 is 17.4 Å². The van der Waals surface area contributed by atoms with Crippen molar-refractivity contribution >= 4 is 11.8 Å². The zero-order valence-corrected chi connectivity index (χ0v) is 19.2. The summed E-state index contributed by atoms with van der Waals surface area (Å²) in [6.07, 6.45) is 3.92. The Labute approximate surface area is 195 Å². The summed E-state index contributed by atoms with van der Waals surface area (Å²) in [4.78, 5) is 15.1. The van der Waals surface area contributed by atoms with E-state index in [1.165, 1.54) is 7.11 Å². The fraction of sp³-hybridized carbons (Fsp3) is 0.444. The Morgan fingerprint density at radius 1 is 1.18 bits per heavy atom. The molecular formula is C27H31NO5. The predicted molar refractivity (Wildman–Crippen MR) is 125 cm³/mol. The van der Waals surface area contributed by atoms with E-state index in [9.17, 15) is 4.79 Å². The first-order valence-electron chi connectivity index (χ1n) is 11.6. The molecule has 0 aromatic heterocycles. The standard InChI is InChI=1S/C27H31NO5/c1-4-15-27-21-12-8-9-13-23(21)28(25(29)31-3)26(27)16-14-20(17-22(26)24(30-2)33-27)32-18-19-10-6-5-7-11-19/h4-13,20,22,24H,1,14-18H2,2-3H3/t20-,22+,24+,26+,27+/m0/s1. The van der Waals surface area contributed by atoms with Gasteiger partial charge < -0.3 is 18.9 Å². The number of ether oxygens (including phenoxy) is 4. The van der Waals surface area contributed by atoms with Crippen LogP contribution in [0, 0.1) is 5.92 Å². The summed E-state index contributed by atoms with van der Waals surface area (Å²) in [5.74, 6) is -0.0801. The number of para-hydroxylation sites is 1. The first kappa shape index (κ1) is 22.1. The summed E-state index contributed by atoms with van der Waals surface area (Å²) in [5, 5.41) is 0. The number of fused-ring (bicyclic) bond motifs is 2. The summed E-state index contributed by atoms with van der Waals surface area (Å²) in [7, 11) is 3.10. The lowest BCUT2D eigenvalue weighted by Gasteiger charge is -2.50. The zero-order chi connectivity index (χ0) is 23.1.